The number of rotatable bonds is 2. The first kappa shape index (κ1) is 9.40. The maximum Gasteiger partial charge on any atom is 0.117 e. The molecule has 0 aliphatic carbocycles. The topological polar surface area (TPSA) is 52.5 Å². The van der Waals surface area contributed by atoms with E-state index in [9.17, 15) is 5.11 Å². The van der Waals surface area contributed by atoms with Crippen molar-refractivity contribution in [3.63, 3.8) is 0 Å². The second kappa shape index (κ2) is 3.92. The SMILES string of the molecule is Oc1ccc(Nc2cccc(O)c2)cc1. The molecular weight excluding hydrogens is 190 g/mol. The number of aromatic hydroxyl groups is 2. The van der Waals surface area contributed by atoms with Gasteiger partial charge in [0.25, 0.3) is 0 Å². The Bertz CT molecular complexity index is 451. The molecule has 15 heavy (non-hydrogen) atoms. The summed E-state index contributed by atoms with van der Waals surface area (Å²) in [6.45, 7) is 0. The fourth-order valence-corrected chi connectivity index (χ4v) is 1.30. The van der Waals surface area contributed by atoms with Gasteiger partial charge in [-0.05, 0) is 36.4 Å². The van der Waals surface area contributed by atoms with Gasteiger partial charge < -0.3 is 15.5 Å². The van der Waals surface area contributed by atoms with E-state index in [-0.39, 0.29) is 11.5 Å². The van der Waals surface area contributed by atoms with Crippen molar-refractivity contribution in [2.75, 3.05) is 5.32 Å². The van der Waals surface area contributed by atoms with Crippen molar-refractivity contribution in [3.05, 3.63) is 48.5 Å². The lowest BCUT2D eigenvalue weighted by molar-refractivity contribution is 0.475. The third-order valence-electron chi connectivity index (χ3n) is 2.00. The Morgan fingerprint density at radius 2 is 1.47 bits per heavy atom. The van der Waals surface area contributed by atoms with E-state index in [1.165, 1.54) is 0 Å². The molecule has 2 aromatic carbocycles. The first-order chi connectivity index (χ1) is 7.24. The van der Waals surface area contributed by atoms with Gasteiger partial charge >= 0.3 is 0 Å². The quantitative estimate of drug-likeness (QED) is 0.655. The lowest BCUT2D eigenvalue weighted by atomic mass is 10.2. The second-order valence-corrected chi connectivity index (χ2v) is 3.22. The van der Waals surface area contributed by atoms with Crippen molar-refractivity contribution in [3.8, 4) is 11.5 Å². The highest BCUT2D eigenvalue weighted by molar-refractivity contribution is 5.61. The van der Waals surface area contributed by atoms with Crippen LogP contribution in [-0.4, -0.2) is 10.2 Å². The Labute approximate surface area is 87.6 Å². The van der Waals surface area contributed by atoms with Crippen LogP contribution in [0.15, 0.2) is 48.5 Å². The van der Waals surface area contributed by atoms with Gasteiger partial charge in [0.2, 0.25) is 0 Å². The molecule has 0 saturated carbocycles. The molecule has 2 rings (SSSR count). The number of hydrogen-bond acceptors (Lipinski definition) is 3. The fourth-order valence-electron chi connectivity index (χ4n) is 1.30. The highest BCUT2D eigenvalue weighted by atomic mass is 16.3. The summed E-state index contributed by atoms with van der Waals surface area (Å²) in [4.78, 5) is 0. The van der Waals surface area contributed by atoms with Gasteiger partial charge in [0.15, 0.2) is 0 Å². The zero-order valence-electron chi connectivity index (χ0n) is 8.01. The number of benzene rings is 2. The molecular formula is C12H11NO2. The molecule has 0 aliphatic heterocycles. The minimum absolute atomic E-state index is 0.221. The molecule has 0 heterocycles. The maximum absolute atomic E-state index is 9.26. The first-order valence-corrected chi connectivity index (χ1v) is 4.59. The van der Waals surface area contributed by atoms with Crippen LogP contribution in [-0.2, 0) is 0 Å². The van der Waals surface area contributed by atoms with Crippen LogP contribution < -0.4 is 5.32 Å². The summed E-state index contributed by atoms with van der Waals surface area (Å²) in [5.74, 6) is 0.454. The highest BCUT2D eigenvalue weighted by Gasteiger charge is 1.95. The predicted molar refractivity (Wildman–Crippen MR) is 59.5 cm³/mol. The summed E-state index contributed by atoms with van der Waals surface area (Å²) in [6, 6.07) is 13.6. The second-order valence-electron chi connectivity index (χ2n) is 3.22. The molecule has 0 radical (unpaired) electrons. The van der Waals surface area contributed by atoms with Gasteiger partial charge in [-0.3, -0.25) is 0 Å². The molecule has 0 atom stereocenters. The van der Waals surface area contributed by atoms with Crippen LogP contribution in [0.2, 0.25) is 0 Å². The summed E-state index contributed by atoms with van der Waals surface area (Å²) < 4.78 is 0. The Hall–Kier alpha value is -2.16. The van der Waals surface area contributed by atoms with E-state index in [0.29, 0.717) is 0 Å². The molecule has 0 saturated heterocycles. The molecule has 0 fully saturated rings. The van der Waals surface area contributed by atoms with Crippen molar-refractivity contribution in [2.24, 2.45) is 0 Å². The average molecular weight is 201 g/mol. The molecule has 3 heteroatoms. The van der Waals surface area contributed by atoms with Gasteiger partial charge in [-0.25, -0.2) is 0 Å². The lowest BCUT2D eigenvalue weighted by Crippen LogP contribution is -1.88. The molecule has 2 aromatic rings. The monoisotopic (exact) mass is 201 g/mol. The van der Waals surface area contributed by atoms with E-state index in [4.69, 9.17) is 5.11 Å². The van der Waals surface area contributed by atoms with Crippen LogP contribution in [0.5, 0.6) is 11.5 Å². The Balaban J connectivity index is 2.18. The summed E-state index contributed by atoms with van der Waals surface area (Å²) in [5, 5.41) is 21.5. The van der Waals surface area contributed by atoms with Gasteiger partial charge in [-0.15, -0.1) is 0 Å². The molecule has 76 valence electrons. The van der Waals surface area contributed by atoms with Crippen LogP contribution in [0.1, 0.15) is 0 Å². The van der Waals surface area contributed by atoms with Crippen LogP contribution >= 0.6 is 0 Å². The number of phenols is 2. The third kappa shape index (κ3) is 2.40. The minimum Gasteiger partial charge on any atom is -0.508 e. The van der Waals surface area contributed by atoms with Crippen molar-refractivity contribution < 1.29 is 10.2 Å². The van der Waals surface area contributed by atoms with E-state index in [0.717, 1.165) is 11.4 Å². The minimum atomic E-state index is 0.221. The molecule has 3 N–H and O–H groups in total. The zero-order valence-corrected chi connectivity index (χ0v) is 8.01. The standard InChI is InChI=1S/C12H11NO2/c14-11-6-4-9(5-7-11)13-10-2-1-3-12(15)8-10/h1-8,13-15H. The van der Waals surface area contributed by atoms with Crippen molar-refractivity contribution >= 4 is 11.4 Å². The summed E-state index contributed by atoms with van der Waals surface area (Å²) in [6.07, 6.45) is 0. The van der Waals surface area contributed by atoms with Gasteiger partial charge in [-0.1, -0.05) is 6.07 Å². The van der Waals surface area contributed by atoms with Gasteiger partial charge in [0.05, 0.1) is 0 Å². The van der Waals surface area contributed by atoms with Gasteiger partial charge in [-0.2, -0.15) is 0 Å². The Kier molecular flexibility index (Phi) is 2.46. The van der Waals surface area contributed by atoms with E-state index >= 15 is 0 Å². The van der Waals surface area contributed by atoms with Crippen molar-refractivity contribution in [2.45, 2.75) is 0 Å². The van der Waals surface area contributed by atoms with Crippen molar-refractivity contribution in [1.82, 2.24) is 0 Å². The third-order valence-corrected chi connectivity index (χ3v) is 2.00. The fraction of sp³-hybridized carbons (Fsp3) is 0. The van der Waals surface area contributed by atoms with E-state index < -0.39 is 0 Å². The maximum atomic E-state index is 9.26. The van der Waals surface area contributed by atoms with Crippen LogP contribution in [0.4, 0.5) is 11.4 Å². The number of phenolic OH excluding ortho intramolecular Hbond substituents is 2. The predicted octanol–water partition coefficient (Wildman–Crippen LogP) is 2.84. The van der Waals surface area contributed by atoms with Crippen molar-refractivity contribution in [1.29, 1.82) is 0 Å². The smallest absolute Gasteiger partial charge is 0.117 e. The van der Waals surface area contributed by atoms with Gasteiger partial charge in [0.1, 0.15) is 11.5 Å². The number of nitrogens with one attached hydrogen (secondary N) is 1. The lowest BCUT2D eigenvalue weighted by Gasteiger charge is -2.06. The van der Waals surface area contributed by atoms with E-state index in [1.54, 1.807) is 42.5 Å². The summed E-state index contributed by atoms with van der Waals surface area (Å²) in [7, 11) is 0. The largest absolute Gasteiger partial charge is 0.508 e. The highest BCUT2D eigenvalue weighted by Crippen LogP contribution is 2.21. The molecule has 0 aliphatic rings. The van der Waals surface area contributed by atoms with Gasteiger partial charge in [0, 0.05) is 17.4 Å². The summed E-state index contributed by atoms with van der Waals surface area (Å²) >= 11 is 0. The average Bonchev–Trinajstić information content (AvgIpc) is 2.22. The molecule has 0 spiro atoms. The van der Waals surface area contributed by atoms with E-state index in [1.807, 2.05) is 6.07 Å². The van der Waals surface area contributed by atoms with Crippen LogP contribution in [0.3, 0.4) is 0 Å². The normalized spacial score (nSPS) is 9.87. The van der Waals surface area contributed by atoms with Crippen LogP contribution in [0, 0.1) is 0 Å². The molecule has 0 bridgehead atoms. The number of hydrogen-bond donors (Lipinski definition) is 3. The molecule has 0 unspecified atom stereocenters. The zero-order chi connectivity index (χ0) is 10.7. The Morgan fingerprint density at radius 3 is 2.13 bits per heavy atom. The molecule has 0 aromatic heterocycles. The van der Waals surface area contributed by atoms with Crippen LogP contribution in [0.25, 0.3) is 0 Å². The Morgan fingerprint density at radius 1 is 0.733 bits per heavy atom. The van der Waals surface area contributed by atoms with E-state index in [2.05, 4.69) is 5.32 Å². The molecule has 3 nitrogen and oxygen atoms in total. The number of anilines is 2. The first-order valence-electron chi connectivity index (χ1n) is 4.59. The summed E-state index contributed by atoms with van der Waals surface area (Å²) in [5.41, 5.74) is 1.67. The molecule has 0 amide bonds.